The Morgan fingerprint density at radius 1 is 1.26 bits per heavy atom. The number of nitrogens with one attached hydrogen (secondary N) is 1. The molecule has 0 amide bonds. The summed E-state index contributed by atoms with van der Waals surface area (Å²) in [5.41, 5.74) is 3.23. The molecule has 0 heterocycles. The molecule has 0 atom stereocenters. The molecule has 0 aliphatic carbocycles. The van der Waals surface area contributed by atoms with Crippen LogP contribution in [0.15, 0.2) is 46.9 Å². The SMILES string of the molecule is Cc1ccccc1CNc1ccc(Br)cc1C(=O)O. The van der Waals surface area contributed by atoms with Crippen molar-refractivity contribution in [2.75, 3.05) is 5.32 Å². The van der Waals surface area contributed by atoms with E-state index in [1.54, 1.807) is 12.1 Å². The van der Waals surface area contributed by atoms with Gasteiger partial charge in [-0.15, -0.1) is 0 Å². The fourth-order valence-corrected chi connectivity index (χ4v) is 2.21. The van der Waals surface area contributed by atoms with Gasteiger partial charge in [0.2, 0.25) is 0 Å². The van der Waals surface area contributed by atoms with E-state index in [9.17, 15) is 9.90 Å². The maximum atomic E-state index is 11.2. The molecular weight excluding hydrogens is 306 g/mol. The van der Waals surface area contributed by atoms with Crippen molar-refractivity contribution in [1.82, 2.24) is 0 Å². The van der Waals surface area contributed by atoms with Crippen molar-refractivity contribution < 1.29 is 9.90 Å². The number of carboxylic acid groups (broad SMARTS) is 1. The number of anilines is 1. The maximum absolute atomic E-state index is 11.2. The second kappa shape index (κ2) is 5.89. The average Bonchev–Trinajstić information content (AvgIpc) is 2.38. The van der Waals surface area contributed by atoms with Crippen molar-refractivity contribution in [3.05, 3.63) is 63.6 Å². The molecule has 2 aromatic rings. The van der Waals surface area contributed by atoms with Gasteiger partial charge in [-0.1, -0.05) is 40.2 Å². The van der Waals surface area contributed by atoms with E-state index < -0.39 is 5.97 Å². The van der Waals surface area contributed by atoms with E-state index >= 15 is 0 Å². The molecule has 2 aromatic carbocycles. The number of hydrogen-bond donors (Lipinski definition) is 2. The van der Waals surface area contributed by atoms with Crippen LogP contribution in [-0.4, -0.2) is 11.1 Å². The van der Waals surface area contributed by atoms with Crippen molar-refractivity contribution in [1.29, 1.82) is 0 Å². The summed E-state index contributed by atoms with van der Waals surface area (Å²) < 4.78 is 0.756. The van der Waals surface area contributed by atoms with Crippen LogP contribution in [0, 0.1) is 6.92 Å². The van der Waals surface area contributed by atoms with Crippen LogP contribution in [0.25, 0.3) is 0 Å². The zero-order valence-corrected chi connectivity index (χ0v) is 12.1. The average molecular weight is 320 g/mol. The second-order valence-electron chi connectivity index (χ2n) is 4.28. The summed E-state index contributed by atoms with van der Waals surface area (Å²) in [4.78, 5) is 11.2. The van der Waals surface area contributed by atoms with Gasteiger partial charge in [0.15, 0.2) is 0 Å². The van der Waals surface area contributed by atoms with Gasteiger partial charge >= 0.3 is 5.97 Å². The third-order valence-electron chi connectivity index (χ3n) is 2.94. The lowest BCUT2D eigenvalue weighted by molar-refractivity contribution is 0.0698. The number of carbonyl (C=O) groups is 1. The molecule has 0 saturated carbocycles. The summed E-state index contributed by atoms with van der Waals surface area (Å²) in [5.74, 6) is -0.936. The van der Waals surface area contributed by atoms with Gasteiger partial charge in [0.05, 0.1) is 5.56 Å². The molecular formula is C15H14BrNO2. The van der Waals surface area contributed by atoms with E-state index in [-0.39, 0.29) is 5.56 Å². The fourth-order valence-electron chi connectivity index (χ4n) is 1.85. The van der Waals surface area contributed by atoms with Crippen molar-refractivity contribution in [3.8, 4) is 0 Å². The van der Waals surface area contributed by atoms with Crippen LogP contribution in [0.4, 0.5) is 5.69 Å². The molecule has 0 aliphatic heterocycles. The molecule has 98 valence electrons. The molecule has 0 unspecified atom stereocenters. The number of halogens is 1. The Labute approximate surface area is 120 Å². The summed E-state index contributed by atoms with van der Waals surface area (Å²) in [7, 11) is 0. The molecule has 0 bridgehead atoms. The van der Waals surface area contributed by atoms with Crippen LogP contribution in [0.5, 0.6) is 0 Å². The first-order valence-corrected chi connectivity index (χ1v) is 6.68. The first kappa shape index (κ1) is 13.6. The van der Waals surface area contributed by atoms with E-state index in [1.165, 1.54) is 5.56 Å². The minimum absolute atomic E-state index is 0.267. The first-order valence-electron chi connectivity index (χ1n) is 5.89. The summed E-state index contributed by atoms with van der Waals surface area (Å²) in [6.45, 7) is 2.64. The van der Waals surface area contributed by atoms with E-state index in [2.05, 4.69) is 21.2 Å². The summed E-state index contributed by atoms with van der Waals surface area (Å²) in [6.07, 6.45) is 0. The zero-order chi connectivity index (χ0) is 13.8. The fraction of sp³-hybridized carbons (Fsp3) is 0.133. The van der Waals surface area contributed by atoms with Crippen molar-refractivity contribution >= 4 is 27.6 Å². The van der Waals surface area contributed by atoms with Crippen molar-refractivity contribution in [3.63, 3.8) is 0 Å². The predicted octanol–water partition coefficient (Wildman–Crippen LogP) is 4.07. The van der Waals surface area contributed by atoms with Crippen LogP contribution in [0.3, 0.4) is 0 Å². The van der Waals surface area contributed by atoms with Crippen molar-refractivity contribution in [2.24, 2.45) is 0 Å². The zero-order valence-electron chi connectivity index (χ0n) is 10.5. The number of hydrogen-bond acceptors (Lipinski definition) is 2. The van der Waals surface area contributed by atoms with Crippen molar-refractivity contribution in [2.45, 2.75) is 13.5 Å². The highest BCUT2D eigenvalue weighted by molar-refractivity contribution is 9.10. The molecule has 3 nitrogen and oxygen atoms in total. The Kier molecular flexibility index (Phi) is 4.22. The van der Waals surface area contributed by atoms with E-state index in [4.69, 9.17) is 0 Å². The minimum Gasteiger partial charge on any atom is -0.478 e. The minimum atomic E-state index is -0.936. The molecule has 0 aromatic heterocycles. The highest BCUT2D eigenvalue weighted by atomic mass is 79.9. The molecule has 19 heavy (non-hydrogen) atoms. The van der Waals surface area contributed by atoms with Gasteiger partial charge in [-0.3, -0.25) is 0 Å². The highest BCUT2D eigenvalue weighted by Crippen LogP contribution is 2.22. The summed E-state index contributed by atoms with van der Waals surface area (Å²) >= 11 is 3.28. The Balaban J connectivity index is 2.20. The third kappa shape index (κ3) is 3.35. The number of aryl methyl sites for hydroxylation is 1. The molecule has 2 N–H and O–H groups in total. The molecule has 0 fully saturated rings. The normalized spacial score (nSPS) is 10.2. The molecule has 0 aliphatic rings. The van der Waals surface area contributed by atoms with E-state index in [0.29, 0.717) is 12.2 Å². The van der Waals surface area contributed by atoms with Crippen LogP contribution in [0.2, 0.25) is 0 Å². The number of rotatable bonds is 4. The maximum Gasteiger partial charge on any atom is 0.337 e. The number of aromatic carboxylic acids is 1. The molecule has 0 radical (unpaired) electrons. The van der Waals surface area contributed by atoms with E-state index in [0.717, 1.165) is 10.0 Å². The van der Waals surface area contributed by atoms with Gasteiger partial charge in [0.1, 0.15) is 0 Å². The van der Waals surface area contributed by atoms with Crippen LogP contribution < -0.4 is 5.32 Å². The first-order chi connectivity index (χ1) is 9.08. The molecule has 0 spiro atoms. The summed E-state index contributed by atoms with van der Waals surface area (Å²) in [6, 6.07) is 13.2. The standard InChI is InChI=1S/C15H14BrNO2/c1-10-4-2-3-5-11(10)9-17-14-7-6-12(16)8-13(14)15(18)19/h2-8,17H,9H2,1H3,(H,18,19). The topological polar surface area (TPSA) is 49.3 Å². The van der Waals surface area contributed by atoms with Gasteiger partial charge in [-0.05, 0) is 36.2 Å². The predicted molar refractivity (Wildman–Crippen MR) is 79.6 cm³/mol. The van der Waals surface area contributed by atoms with Crippen LogP contribution in [-0.2, 0) is 6.54 Å². The van der Waals surface area contributed by atoms with Gasteiger partial charge in [-0.2, -0.15) is 0 Å². The number of carboxylic acids is 1. The summed E-state index contributed by atoms with van der Waals surface area (Å²) in [5, 5.41) is 12.4. The molecule has 2 rings (SSSR count). The quantitative estimate of drug-likeness (QED) is 0.893. The number of benzene rings is 2. The lowest BCUT2D eigenvalue weighted by Crippen LogP contribution is -2.07. The monoisotopic (exact) mass is 319 g/mol. The van der Waals surface area contributed by atoms with Crippen LogP contribution in [0.1, 0.15) is 21.5 Å². The van der Waals surface area contributed by atoms with Gasteiger partial charge in [0.25, 0.3) is 0 Å². The smallest absolute Gasteiger partial charge is 0.337 e. The lowest BCUT2D eigenvalue weighted by atomic mass is 10.1. The Hall–Kier alpha value is -1.81. The second-order valence-corrected chi connectivity index (χ2v) is 5.19. The molecule has 0 saturated heterocycles. The van der Waals surface area contributed by atoms with Gasteiger partial charge in [0, 0.05) is 16.7 Å². The van der Waals surface area contributed by atoms with Gasteiger partial charge in [-0.25, -0.2) is 4.79 Å². The Bertz CT molecular complexity index is 611. The molecule has 4 heteroatoms. The highest BCUT2D eigenvalue weighted by Gasteiger charge is 2.10. The van der Waals surface area contributed by atoms with Crippen LogP contribution >= 0.6 is 15.9 Å². The van der Waals surface area contributed by atoms with Gasteiger partial charge < -0.3 is 10.4 Å². The third-order valence-corrected chi connectivity index (χ3v) is 3.44. The Morgan fingerprint density at radius 3 is 2.68 bits per heavy atom. The van der Waals surface area contributed by atoms with E-state index in [1.807, 2.05) is 37.3 Å². The Morgan fingerprint density at radius 2 is 2.00 bits per heavy atom. The lowest BCUT2D eigenvalue weighted by Gasteiger charge is -2.11. The largest absolute Gasteiger partial charge is 0.478 e.